The number of urea groups is 1. The number of hydrogen-bond donors (Lipinski definition) is 4. The third kappa shape index (κ3) is 7.25. The highest BCUT2D eigenvalue weighted by Crippen LogP contribution is 2.35. The Morgan fingerprint density at radius 1 is 0.976 bits per heavy atom. The van der Waals surface area contributed by atoms with Gasteiger partial charge < -0.3 is 40.4 Å². The van der Waals surface area contributed by atoms with Gasteiger partial charge in [-0.2, -0.15) is 4.98 Å². The molecule has 218 valence electrons. The average Bonchev–Trinajstić information content (AvgIpc) is 3.03. The molecular formula is C28H30ClN9O4. The van der Waals surface area contributed by atoms with Gasteiger partial charge in [0.1, 0.15) is 16.5 Å². The molecule has 2 aromatic heterocycles. The van der Waals surface area contributed by atoms with Crippen molar-refractivity contribution in [3.8, 4) is 11.5 Å². The summed E-state index contributed by atoms with van der Waals surface area (Å²) in [4.78, 5) is 31.5. The number of nitrogens with zero attached hydrogens (tertiary/aromatic N) is 5. The van der Waals surface area contributed by atoms with Crippen molar-refractivity contribution in [3.63, 3.8) is 0 Å². The van der Waals surface area contributed by atoms with Crippen molar-refractivity contribution in [1.29, 1.82) is 0 Å². The van der Waals surface area contributed by atoms with Crippen LogP contribution in [-0.4, -0.2) is 66.5 Å². The first-order valence-electron chi connectivity index (χ1n) is 13.1. The molecule has 0 aliphatic carbocycles. The van der Waals surface area contributed by atoms with E-state index in [4.69, 9.17) is 25.8 Å². The molecule has 1 aliphatic heterocycles. The summed E-state index contributed by atoms with van der Waals surface area (Å²) in [5.41, 5.74) is 3.51. The van der Waals surface area contributed by atoms with Gasteiger partial charge in [-0.3, -0.25) is 9.97 Å². The van der Waals surface area contributed by atoms with Crippen molar-refractivity contribution in [1.82, 2.24) is 25.3 Å². The van der Waals surface area contributed by atoms with E-state index in [0.717, 1.165) is 30.2 Å². The SMILES string of the molecule is COc1cc(NC(=O)NCc2cnccn2)ccc1Nc1ncc(Cl)c(Nc2ccc(N3CCOCC3)c(OC)c2)n1. The molecule has 0 saturated carbocycles. The van der Waals surface area contributed by atoms with Crippen molar-refractivity contribution in [2.24, 2.45) is 0 Å². The van der Waals surface area contributed by atoms with Crippen LogP contribution in [-0.2, 0) is 11.3 Å². The lowest BCUT2D eigenvalue weighted by molar-refractivity contribution is 0.122. The normalized spacial score (nSPS) is 12.8. The summed E-state index contributed by atoms with van der Waals surface area (Å²) < 4.78 is 16.6. The van der Waals surface area contributed by atoms with E-state index in [9.17, 15) is 4.79 Å². The number of halogens is 1. The number of amides is 2. The van der Waals surface area contributed by atoms with Crippen LogP contribution in [0.25, 0.3) is 0 Å². The lowest BCUT2D eigenvalue weighted by Gasteiger charge is -2.30. The molecular weight excluding hydrogens is 562 g/mol. The van der Waals surface area contributed by atoms with Gasteiger partial charge in [0.15, 0.2) is 5.82 Å². The number of aromatic nitrogens is 4. The summed E-state index contributed by atoms with van der Waals surface area (Å²) >= 11 is 6.42. The summed E-state index contributed by atoms with van der Waals surface area (Å²) in [6, 6.07) is 10.6. The van der Waals surface area contributed by atoms with Crippen LogP contribution < -0.4 is 35.6 Å². The first-order chi connectivity index (χ1) is 20.5. The third-order valence-electron chi connectivity index (χ3n) is 6.29. The fourth-order valence-corrected chi connectivity index (χ4v) is 4.37. The molecule has 1 fully saturated rings. The standard InChI is InChI=1S/C28H30ClN9O4/c1-40-24-13-19(35-28(39)33-16-20-15-30-7-8-31-20)3-5-22(24)36-27-32-17-21(29)26(37-27)34-18-4-6-23(25(14-18)41-2)38-9-11-42-12-10-38/h3-8,13-15,17H,9-12,16H2,1-2H3,(H2,33,35,39)(H2,32,34,36,37). The summed E-state index contributed by atoms with van der Waals surface area (Å²) in [7, 11) is 3.17. The van der Waals surface area contributed by atoms with E-state index in [-0.39, 0.29) is 6.54 Å². The Balaban J connectivity index is 1.25. The fraction of sp³-hybridized carbons (Fsp3) is 0.250. The van der Waals surface area contributed by atoms with Gasteiger partial charge in [-0.05, 0) is 24.3 Å². The molecule has 2 aromatic carbocycles. The van der Waals surface area contributed by atoms with Gasteiger partial charge in [-0.25, -0.2) is 9.78 Å². The highest BCUT2D eigenvalue weighted by molar-refractivity contribution is 6.32. The summed E-state index contributed by atoms with van der Waals surface area (Å²) in [6.07, 6.45) is 6.22. The molecule has 4 aromatic rings. The van der Waals surface area contributed by atoms with Gasteiger partial charge in [0.05, 0.1) is 63.4 Å². The number of carbonyl (C=O) groups excluding carboxylic acids is 1. The fourth-order valence-electron chi connectivity index (χ4n) is 4.23. The van der Waals surface area contributed by atoms with Gasteiger partial charge in [0, 0.05) is 49.0 Å². The van der Waals surface area contributed by atoms with Gasteiger partial charge in [-0.1, -0.05) is 11.6 Å². The summed E-state index contributed by atoms with van der Waals surface area (Å²) in [5, 5.41) is 12.2. The molecule has 42 heavy (non-hydrogen) atoms. The van der Waals surface area contributed by atoms with Crippen LogP contribution in [0.1, 0.15) is 5.69 Å². The molecule has 1 saturated heterocycles. The van der Waals surface area contributed by atoms with Crippen LogP contribution >= 0.6 is 11.6 Å². The summed E-state index contributed by atoms with van der Waals surface area (Å²) in [5.74, 6) is 1.90. The zero-order chi connectivity index (χ0) is 29.3. The zero-order valence-corrected chi connectivity index (χ0v) is 23.8. The Bertz CT molecular complexity index is 1520. The van der Waals surface area contributed by atoms with Crippen LogP contribution in [0.15, 0.2) is 61.2 Å². The quantitative estimate of drug-likeness (QED) is 0.205. The maximum atomic E-state index is 12.3. The van der Waals surface area contributed by atoms with E-state index < -0.39 is 6.03 Å². The predicted molar refractivity (Wildman–Crippen MR) is 161 cm³/mol. The first-order valence-corrected chi connectivity index (χ1v) is 13.5. The number of anilines is 6. The topological polar surface area (TPSA) is 148 Å². The van der Waals surface area contributed by atoms with Crippen LogP contribution in [0.5, 0.6) is 11.5 Å². The molecule has 13 nitrogen and oxygen atoms in total. The maximum absolute atomic E-state index is 12.3. The lowest BCUT2D eigenvalue weighted by atomic mass is 10.2. The molecule has 1 aliphatic rings. The van der Waals surface area contributed by atoms with Gasteiger partial charge in [0.25, 0.3) is 0 Å². The molecule has 0 unspecified atom stereocenters. The number of benzene rings is 2. The van der Waals surface area contributed by atoms with Crippen LogP contribution in [0.3, 0.4) is 0 Å². The van der Waals surface area contributed by atoms with Crippen LogP contribution in [0.2, 0.25) is 5.02 Å². The summed E-state index contributed by atoms with van der Waals surface area (Å²) in [6.45, 7) is 3.20. The number of rotatable bonds is 10. The van der Waals surface area contributed by atoms with Crippen LogP contribution in [0, 0.1) is 0 Å². The Hall–Kier alpha value is -4.88. The minimum atomic E-state index is -0.394. The van der Waals surface area contributed by atoms with Crippen molar-refractivity contribution < 1.29 is 19.0 Å². The molecule has 0 radical (unpaired) electrons. The molecule has 5 rings (SSSR count). The van der Waals surface area contributed by atoms with Crippen molar-refractivity contribution in [3.05, 3.63) is 71.9 Å². The number of ether oxygens (including phenoxy) is 3. The van der Waals surface area contributed by atoms with E-state index in [1.807, 2.05) is 18.2 Å². The van der Waals surface area contributed by atoms with Gasteiger partial charge >= 0.3 is 6.03 Å². The first kappa shape index (κ1) is 28.6. The third-order valence-corrected chi connectivity index (χ3v) is 6.57. The highest BCUT2D eigenvalue weighted by Gasteiger charge is 2.17. The molecule has 3 heterocycles. The molecule has 2 amide bonds. The predicted octanol–water partition coefficient (Wildman–Crippen LogP) is 4.58. The second-order valence-corrected chi connectivity index (χ2v) is 9.45. The van der Waals surface area contributed by atoms with Crippen LogP contribution in [0.4, 0.5) is 39.3 Å². The van der Waals surface area contributed by atoms with E-state index in [1.165, 1.54) is 13.3 Å². The minimum absolute atomic E-state index is 0.242. The van der Waals surface area contributed by atoms with Gasteiger partial charge in [-0.15, -0.1) is 0 Å². The van der Waals surface area contributed by atoms with Crippen molar-refractivity contribution in [2.45, 2.75) is 6.54 Å². The van der Waals surface area contributed by atoms with Crippen molar-refractivity contribution >= 4 is 52.1 Å². The van der Waals surface area contributed by atoms with Crippen molar-refractivity contribution in [2.75, 3.05) is 61.4 Å². The monoisotopic (exact) mass is 591 g/mol. The molecule has 4 N–H and O–H groups in total. The Morgan fingerprint density at radius 2 is 1.76 bits per heavy atom. The minimum Gasteiger partial charge on any atom is -0.495 e. The number of nitrogens with one attached hydrogen (secondary N) is 4. The molecule has 0 bridgehead atoms. The van der Waals surface area contributed by atoms with Gasteiger partial charge in [0.2, 0.25) is 5.95 Å². The maximum Gasteiger partial charge on any atom is 0.319 e. The Labute approximate surface area is 247 Å². The molecule has 0 spiro atoms. The van der Waals surface area contributed by atoms with E-state index in [2.05, 4.69) is 46.1 Å². The van der Waals surface area contributed by atoms with E-state index in [0.29, 0.717) is 52.8 Å². The van der Waals surface area contributed by atoms with E-state index in [1.54, 1.807) is 43.9 Å². The zero-order valence-electron chi connectivity index (χ0n) is 23.1. The molecule has 0 atom stereocenters. The number of methoxy groups -OCH3 is 2. The Morgan fingerprint density at radius 3 is 2.52 bits per heavy atom. The smallest absolute Gasteiger partial charge is 0.319 e. The highest BCUT2D eigenvalue weighted by atomic mass is 35.5. The lowest BCUT2D eigenvalue weighted by Crippen LogP contribution is -2.36. The van der Waals surface area contributed by atoms with E-state index >= 15 is 0 Å². The second-order valence-electron chi connectivity index (χ2n) is 9.05. The number of morpholine rings is 1. The number of hydrogen-bond acceptors (Lipinski definition) is 11. The Kier molecular flexibility index (Phi) is 9.31. The number of carbonyl (C=O) groups is 1. The average molecular weight is 592 g/mol. The molecule has 14 heteroatoms. The largest absolute Gasteiger partial charge is 0.495 e. The second kappa shape index (κ2) is 13.7.